The Hall–Kier alpha value is -3.00. The van der Waals surface area contributed by atoms with Crippen LogP contribution in [0.2, 0.25) is 0 Å². The second-order valence-corrected chi connectivity index (χ2v) is 10.8. The van der Waals surface area contributed by atoms with Gasteiger partial charge in [0.15, 0.2) is 5.69 Å². The normalized spacial score (nSPS) is 20.3. The van der Waals surface area contributed by atoms with Crippen molar-refractivity contribution >= 4 is 22.4 Å². The fraction of sp³-hybridized carbons (Fsp3) is 0.538. The highest BCUT2D eigenvalue weighted by atomic mass is 16.6. The molecule has 1 saturated carbocycles. The molecule has 1 atom stereocenters. The van der Waals surface area contributed by atoms with Crippen molar-refractivity contribution in [1.29, 1.82) is 0 Å². The van der Waals surface area contributed by atoms with Gasteiger partial charge in [0.25, 0.3) is 0 Å². The third-order valence-electron chi connectivity index (χ3n) is 7.50. The van der Waals surface area contributed by atoms with E-state index >= 15 is 0 Å². The van der Waals surface area contributed by atoms with Crippen LogP contribution in [-0.4, -0.2) is 36.4 Å². The molecule has 1 unspecified atom stereocenters. The molecule has 0 radical (unpaired) electrons. The van der Waals surface area contributed by atoms with E-state index in [2.05, 4.69) is 35.2 Å². The van der Waals surface area contributed by atoms with Gasteiger partial charge in [0.05, 0.1) is 34.0 Å². The predicted molar refractivity (Wildman–Crippen MR) is 135 cm³/mol. The summed E-state index contributed by atoms with van der Waals surface area (Å²) in [5, 5.41) is 12.0. The molecule has 2 N–H and O–H groups in total. The lowest BCUT2D eigenvalue weighted by Crippen LogP contribution is -2.40. The van der Waals surface area contributed by atoms with Crippen LogP contribution in [0.3, 0.4) is 0 Å². The molecule has 0 spiro atoms. The second kappa shape index (κ2) is 8.65. The van der Waals surface area contributed by atoms with Crippen molar-refractivity contribution in [3.8, 4) is 11.3 Å². The highest BCUT2D eigenvalue weighted by Gasteiger charge is 2.36. The molecular formula is C26H34N6O2. The number of nitrogen functional groups attached to an aromatic ring is 1. The molecule has 0 amide bonds. The number of likely N-dealkylation sites (tertiary alicyclic amines) is 1. The van der Waals surface area contributed by atoms with Crippen LogP contribution in [0.25, 0.3) is 22.3 Å². The summed E-state index contributed by atoms with van der Waals surface area (Å²) < 4.78 is 2.27. The summed E-state index contributed by atoms with van der Waals surface area (Å²) in [6.45, 7) is 7.55. The highest BCUT2D eigenvalue weighted by Crippen LogP contribution is 2.41. The topological polar surface area (TPSA) is 103 Å². The van der Waals surface area contributed by atoms with Gasteiger partial charge in [-0.1, -0.05) is 25.3 Å². The molecule has 1 aromatic carbocycles. The Balaban J connectivity index is 1.59. The Bertz CT molecular complexity index is 1220. The van der Waals surface area contributed by atoms with Crippen LogP contribution < -0.4 is 5.73 Å². The molecular weight excluding hydrogens is 428 g/mol. The Morgan fingerprint density at radius 2 is 1.85 bits per heavy atom. The number of imidazole rings is 1. The lowest BCUT2D eigenvalue weighted by Gasteiger charge is -2.36. The highest BCUT2D eigenvalue weighted by molar-refractivity contribution is 5.86. The van der Waals surface area contributed by atoms with Crippen molar-refractivity contribution in [2.45, 2.75) is 83.3 Å². The lowest BCUT2D eigenvalue weighted by molar-refractivity contribution is -0.383. The van der Waals surface area contributed by atoms with Gasteiger partial charge in [0, 0.05) is 17.1 Å². The summed E-state index contributed by atoms with van der Waals surface area (Å²) in [4.78, 5) is 23.5. The zero-order chi connectivity index (χ0) is 24.0. The third kappa shape index (κ3) is 4.04. The molecule has 2 fully saturated rings. The van der Waals surface area contributed by atoms with E-state index in [-0.39, 0.29) is 23.0 Å². The van der Waals surface area contributed by atoms with Gasteiger partial charge in [-0.2, -0.15) is 0 Å². The quantitative estimate of drug-likeness (QED) is 0.375. The standard InChI is InChI=1S/C26H34N6O2/c1-26(2,3)31-13-7-10-23(31)21-15-19(27)25(32(33)34)24(29-21)17-11-12-22-20(14-17)28-16-30(22)18-8-5-4-6-9-18/h11-12,14-16,18,23H,4-10,13H2,1-3H3,(H2,27,29). The fourth-order valence-electron chi connectivity index (χ4n) is 5.85. The van der Waals surface area contributed by atoms with Crippen LogP contribution >= 0.6 is 0 Å². The third-order valence-corrected chi connectivity index (χ3v) is 7.50. The first-order chi connectivity index (χ1) is 16.2. The van der Waals surface area contributed by atoms with Gasteiger partial charge in [0.2, 0.25) is 0 Å². The molecule has 180 valence electrons. The lowest BCUT2D eigenvalue weighted by atomic mass is 9.95. The number of hydrogen-bond acceptors (Lipinski definition) is 6. The molecule has 5 rings (SSSR count). The number of rotatable bonds is 4. The Labute approximate surface area is 200 Å². The zero-order valence-electron chi connectivity index (χ0n) is 20.3. The largest absolute Gasteiger partial charge is 0.393 e. The van der Waals surface area contributed by atoms with Crippen molar-refractivity contribution in [2.24, 2.45) is 0 Å². The number of fused-ring (bicyclic) bond motifs is 1. The van der Waals surface area contributed by atoms with E-state index in [9.17, 15) is 10.1 Å². The molecule has 34 heavy (non-hydrogen) atoms. The SMILES string of the molecule is CC(C)(C)N1CCCC1c1cc(N)c([N+](=O)[O-])c(-c2ccc3c(c2)ncn3C2CCCCC2)n1. The zero-order valence-corrected chi connectivity index (χ0v) is 20.3. The van der Waals surface area contributed by atoms with E-state index < -0.39 is 4.92 Å². The van der Waals surface area contributed by atoms with E-state index in [1.807, 2.05) is 24.5 Å². The maximum Gasteiger partial charge on any atom is 0.318 e. The first-order valence-electron chi connectivity index (χ1n) is 12.4. The molecule has 3 aromatic rings. The minimum Gasteiger partial charge on any atom is -0.393 e. The van der Waals surface area contributed by atoms with Crippen LogP contribution in [0.5, 0.6) is 0 Å². The number of anilines is 1. The number of nitrogens with zero attached hydrogens (tertiary/aromatic N) is 5. The van der Waals surface area contributed by atoms with E-state index in [1.54, 1.807) is 6.07 Å². The molecule has 3 heterocycles. The maximum atomic E-state index is 12.0. The van der Waals surface area contributed by atoms with Crippen molar-refractivity contribution in [1.82, 2.24) is 19.4 Å². The summed E-state index contributed by atoms with van der Waals surface area (Å²) in [5.74, 6) is 0. The first kappa shape index (κ1) is 22.8. The van der Waals surface area contributed by atoms with Crippen molar-refractivity contribution in [3.63, 3.8) is 0 Å². The average molecular weight is 463 g/mol. The van der Waals surface area contributed by atoms with Crippen LogP contribution in [0.1, 0.15) is 83.5 Å². The molecule has 2 aliphatic rings. The summed E-state index contributed by atoms with van der Waals surface area (Å²) >= 11 is 0. The van der Waals surface area contributed by atoms with Gasteiger partial charge in [0.1, 0.15) is 5.69 Å². The van der Waals surface area contributed by atoms with Crippen LogP contribution in [0.4, 0.5) is 11.4 Å². The number of nitrogens with two attached hydrogens (primary N) is 1. The van der Waals surface area contributed by atoms with Gasteiger partial charge in [-0.3, -0.25) is 15.0 Å². The van der Waals surface area contributed by atoms with E-state index in [0.29, 0.717) is 17.3 Å². The van der Waals surface area contributed by atoms with Gasteiger partial charge in [-0.05, 0) is 71.2 Å². The van der Waals surface area contributed by atoms with E-state index in [4.69, 9.17) is 10.7 Å². The van der Waals surface area contributed by atoms with E-state index in [1.165, 1.54) is 32.1 Å². The molecule has 8 nitrogen and oxygen atoms in total. The molecule has 0 bridgehead atoms. The maximum absolute atomic E-state index is 12.0. The minimum atomic E-state index is -0.414. The van der Waals surface area contributed by atoms with E-state index in [0.717, 1.165) is 36.1 Å². The van der Waals surface area contributed by atoms with Gasteiger partial charge in [-0.15, -0.1) is 0 Å². The minimum absolute atomic E-state index is 0.0234. The summed E-state index contributed by atoms with van der Waals surface area (Å²) in [7, 11) is 0. The number of pyridine rings is 1. The molecule has 2 aromatic heterocycles. The van der Waals surface area contributed by atoms with Gasteiger partial charge in [-0.25, -0.2) is 9.97 Å². The van der Waals surface area contributed by atoms with Gasteiger partial charge >= 0.3 is 5.69 Å². The predicted octanol–water partition coefficient (Wildman–Crippen LogP) is 6.03. The number of hydrogen-bond donors (Lipinski definition) is 1. The summed E-state index contributed by atoms with van der Waals surface area (Å²) in [6, 6.07) is 8.14. The molecule has 1 aliphatic carbocycles. The molecule has 1 aliphatic heterocycles. The molecule has 8 heteroatoms. The van der Waals surface area contributed by atoms with Crippen LogP contribution in [0.15, 0.2) is 30.6 Å². The van der Waals surface area contributed by atoms with Crippen molar-refractivity contribution in [2.75, 3.05) is 12.3 Å². The monoisotopic (exact) mass is 462 g/mol. The first-order valence-corrected chi connectivity index (χ1v) is 12.4. The second-order valence-electron chi connectivity index (χ2n) is 10.8. The number of nitro groups is 1. The average Bonchev–Trinajstić information content (AvgIpc) is 3.46. The van der Waals surface area contributed by atoms with Crippen LogP contribution in [-0.2, 0) is 0 Å². The van der Waals surface area contributed by atoms with Crippen molar-refractivity contribution in [3.05, 3.63) is 46.4 Å². The summed E-state index contributed by atoms with van der Waals surface area (Å²) in [5.41, 5.74) is 10.0. The number of aromatic nitrogens is 3. The van der Waals surface area contributed by atoms with Crippen LogP contribution in [0, 0.1) is 10.1 Å². The Kier molecular flexibility index (Phi) is 5.80. The van der Waals surface area contributed by atoms with Crippen molar-refractivity contribution < 1.29 is 4.92 Å². The Morgan fingerprint density at radius 3 is 2.56 bits per heavy atom. The summed E-state index contributed by atoms with van der Waals surface area (Å²) in [6.07, 6.45) is 10.1. The Morgan fingerprint density at radius 1 is 1.09 bits per heavy atom. The smallest absolute Gasteiger partial charge is 0.318 e. The number of benzene rings is 1. The van der Waals surface area contributed by atoms with Gasteiger partial charge < -0.3 is 10.3 Å². The molecule has 1 saturated heterocycles. The fourth-order valence-corrected chi connectivity index (χ4v) is 5.85.